The van der Waals surface area contributed by atoms with Crippen LogP contribution < -0.4 is 10.6 Å². The van der Waals surface area contributed by atoms with Gasteiger partial charge in [-0.1, -0.05) is 69.7 Å². The van der Waals surface area contributed by atoms with Crippen molar-refractivity contribution in [2.75, 3.05) is 5.32 Å². The molecule has 0 bridgehead atoms. The molecule has 29 heavy (non-hydrogen) atoms. The highest BCUT2D eigenvalue weighted by atomic mass is 79.9. The third-order valence-corrected chi connectivity index (χ3v) is 6.03. The summed E-state index contributed by atoms with van der Waals surface area (Å²) >= 11 is 4.71. The number of nitrogens with zero attached hydrogens (tertiary/aromatic N) is 2. The Morgan fingerprint density at radius 3 is 2.48 bits per heavy atom. The number of aromatic nitrogens is 2. The Morgan fingerprint density at radius 1 is 1.07 bits per heavy atom. The van der Waals surface area contributed by atoms with Crippen LogP contribution in [-0.2, 0) is 16.0 Å². The van der Waals surface area contributed by atoms with Crippen LogP contribution in [-0.4, -0.2) is 28.1 Å². The van der Waals surface area contributed by atoms with Crippen LogP contribution in [0.15, 0.2) is 59.1 Å². The summed E-state index contributed by atoms with van der Waals surface area (Å²) in [4.78, 5) is 25.2. The number of hydrogen-bond acceptors (Lipinski definition) is 5. The van der Waals surface area contributed by atoms with Crippen molar-refractivity contribution in [1.82, 2.24) is 15.5 Å². The van der Waals surface area contributed by atoms with E-state index in [0.29, 0.717) is 11.6 Å². The average molecular weight is 471 g/mol. The van der Waals surface area contributed by atoms with E-state index in [0.717, 1.165) is 33.4 Å². The van der Waals surface area contributed by atoms with Crippen molar-refractivity contribution in [2.45, 2.75) is 25.3 Å². The molecule has 2 aromatic carbocycles. The molecule has 1 atom stereocenters. The number of nitrogens with one attached hydrogen (secondary N) is 2. The summed E-state index contributed by atoms with van der Waals surface area (Å²) in [5, 5.41) is 15.1. The Morgan fingerprint density at radius 2 is 1.79 bits per heavy atom. The SMILES string of the molecule is O=C(NC(Cc1ccccc1)C(=O)Nc1nnc(-c2ccc(Br)cc2)s1)C1CC1. The maximum absolute atomic E-state index is 12.9. The lowest BCUT2D eigenvalue weighted by atomic mass is 10.1. The lowest BCUT2D eigenvalue weighted by Gasteiger charge is -2.17. The van der Waals surface area contributed by atoms with E-state index in [1.165, 1.54) is 11.3 Å². The molecule has 1 aliphatic carbocycles. The van der Waals surface area contributed by atoms with Crippen molar-refractivity contribution in [1.29, 1.82) is 0 Å². The van der Waals surface area contributed by atoms with E-state index in [4.69, 9.17) is 0 Å². The molecule has 1 saturated carbocycles. The van der Waals surface area contributed by atoms with E-state index >= 15 is 0 Å². The van der Waals surface area contributed by atoms with Gasteiger partial charge in [0.15, 0.2) is 0 Å². The molecule has 1 aliphatic rings. The summed E-state index contributed by atoms with van der Waals surface area (Å²) < 4.78 is 0.981. The zero-order chi connectivity index (χ0) is 20.2. The van der Waals surface area contributed by atoms with Crippen LogP contribution in [0.3, 0.4) is 0 Å². The van der Waals surface area contributed by atoms with Crippen LogP contribution in [0.2, 0.25) is 0 Å². The van der Waals surface area contributed by atoms with E-state index in [2.05, 4.69) is 36.8 Å². The van der Waals surface area contributed by atoms with E-state index in [1.807, 2.05) is 54.6 Å². The van der Waals surface area contributed by atoms with Crippen LogP contribution in [0.5, 0.6) is 0 Å². The number of amides is 2. The normalized spacial score (nSPS) is 14.2. The number of benzene rings is 2. The number of anilines is 1. The molecular weight excluding hydrogens is 452 g/mol. The Hall–Kier alpha value is -2.58. The monoisotopic (exact) mass is 470 g/mol. The predicted octanol–water partition coefficient (Wildman–Crippen LogP) is 4.04. The average Bonchev–Trinajstić information content (AvgIpc) is 3.48. The first-order valence-electron chi connectivity index (χ1n) is 9.33. The molecule has 0 aliphatic heterocycles. The lowest BCUT2D eigenvalue weighted by molar-refractivity contribution is -0.127. The zero-order valence-corrected chi connectivity index (χ0v) is 17.9. The lowest BCUT2D eigenvalue weighted by Crippen LogP contribution is -2.45. The van der Waals surface area contributed by atoms with Gasteiger partial charge in [0.1, 0.15) is 11.0 Å². The molecule has 1 heterocycles. The fourth-order valence-corrected chi connectivity index (χ4v) is 3.89. The third kappa shape index (κ3) is 5.27. The van der Waals surface area contributed by atoms with E-state index < -0.39 is 6.04 Å². The molecule has 0 spiro atoms. The minimum Gasteiger partial charge on any atom is -0.344 e. The van der Waals surface area contributed by atoms with Crippen molar-refractivity contribution >= 4 is 44.2 Å². The van der Waals surface area contributed by atoms with Crippen molar-refractivity contribution in [2.24, 2.45) is 5.92 Å². The van der Waals surface area contributed by atoms with Gasteiger partial charge in [-0.3, -0.25) is 14.9 Å². The topological polar surface area (TPSA) is 84.0 Å². The molecule has 2 amide bonds. The molecular formula is C21H19BrN4O2S. The highest BCUT2D eigenvalue weighted by Crippen LogP contribution is 2.29. The molecule has 1 fully saturated rings. The fourth-order valence-electron chi connectivity index (χ4n) is 2.87. The minimum atomic E-state index is -0.662. The molecule has 1 aromatic heterocycles. The third-order valence-electron chi connectivity index (χ3n) is 4.61. The maximum atomic E-state index is 12.9. The van der Waals surface area contributed by atoms with Gasteiger partial charge in [-0.05, 0) is 30.5 Å². The molecule has 148 valence electrons. The first-order valence-corrected chi connectivity index (χ1v) is 10.9. The van der Waals surface area contributed by atoms with E-state index in [9.17, 15) is 9.59 Å². The summed E-state index contributed by atoms with van der Waals surface area (Å²) in [6, 6.07) is 16.7. The quantitative estimate of drug-likeness (QED) is 0.545. The molecule has 0 radical (unpaired) electrons. The first-order chi connectivity index (χ1) is 14.1. The van der Waals surface area contributed by atoms with Crippen LogP contribution in [0, 0.1) is 5.92 Å². The van der Waals surface area contributed by atoms with Crippen molar-refractivity contribution in [3.05, 3.63) is 64.6 Å². The van der Waals surface area contributed by atoms with Gasteiger partial charge in [0.2, 0.25) is 16.9 Å². The van der Waals surface area contributed by atoms with Gasteiger partial charge in [0.05, 0.1) is 0 Å². The van der Waals surface area contributed by atoms with Gasteiger partial charge in [0, 0.05) is 22.4 Å². The second-order valence-corrected chi connectivity index (χ2v) is 8.83. The molecule has 1 unspecified atom stereocenters. The standard InChI is InChI=1S/C21H19BrN4O2S/c22-16-10-8-15(9-11-16)20-25-26-21(29-20)24-19(28)17(23-18(27)14-6-7-14)12-13-4-2-1-3-5-13/h1-5,8-11,14,17H,6-7,12H2,(H,23,27)(H,24,26,28). The predicted molar refractivity (Wildman–Crippen MR) is 116 cm³/mol. The molecule has 4 rings (SSSR count). The minimum absolute atomic E-state index is 0.0339. The number of hydrogen-bond donors (Lipinski definition) is 2. The molecule has 6 nitrogen and oxygen atoms in total. The van der Waals surface area contributed by atoms with Crippen LogP contribution in [0.1, 0.15) is 18.4 Å². The van der Waals surface area contributed by atoms with E-state index in [1.54, 1.807) is 0 Å². The van der Waals surface area contributed by atoms with Gasteiger partial charge in [-0.25, -0.2) is 0 Å². The maximum Gasteiger partial charge on any atom is 0.249 e. The Balaban J connectivity index is 1.46. The van der Waals surface area contributed by atoms with Gasteiger partial charge >= 0.3 is 0 Å². The van der Waals surface area contributed by atoms with E-state index in [-0.39, 0.29) is 17.7 Å². The summed E-state index contributed by atoms with van der Waals surface area (Å²) in [7, 11) is 0. The summed E-state index contributed by atoms with van der Waals surface area (Å²) in [6.45, 7) is 0. The molecule has 3 aromatic rings. The van der Waals surface area contributed by atoms with Crippen molar-refractivity contribution in [3.63, 3.8) is 0 Å². The number of carbonyl (C=O) groups is 2. The summed E-state index contributed by atoms with van der Waals surface area (Å²) in [6.07, 6.45) is 2.19. The van der Waals surface area contributed by atoms with Gasteiger partial charge in [-0.15, -0.1) is 10.2 Å². The number of carbonyl (C=O) groups excluding carboxylic acids is 2. The van der Waals surface area contributed by atoms with Gasteiger partial charge in [-0.2, -0.15) is 0 Å². The van der Waals surface area contributed by atoms with Crippen molar-refractivity contribution < 1.29 is 9.59 Å². The van der Waals surface area contributed by atoms with Crippen molar-refractivity contribution in [3.8, 4) is 10.6 Å². The summed E-state index contributed by atoms with van der Waals surface area (Å²) in [5.41, 5.74) is 1.91. The second kappa shape index (κ2) is 8.84. The Bertz CT molecular complexity index is 1000. The molecule has 0 saturated heterocycles. The van der Waals surface area contributed by atoms with Crippen LogP contribution in [0.25, 0.3) is 10.6 Å². The Labute approximate surface area is 180 Å². The van der Waals surface area contributed by atoms with Gasteiger partial charge in [0.25, 0.3) is 0 Å². The first kappa shape index (κ1) is 19.7. The zero-order valence-electron chi connectivity index (χ0n) is 15.5. The number of halogens is 1. The largest absolute Gasteiger partial charge is 0.344 e. The fraction of sp³-hybridized carbons (Fsp3) is 0.238. The van der Waals surface area contributed by atoms with Gasteiger partial charge < -0.3 is 5.32 Å². The van der Waals surface area contributed by atoms with Crippen LogP contribution >= 0.6 is 27.3 Å². The highest BCUT2D eigenvalue weighted by molar-refractivity contribution is 9.10. The van der Waals surface area contributed by atoms with Crippen LogP contribution in [0.4, 0.5) is 5.13 Å². The smallest absolute Gasteiger partial charge is 0.249 e. The molecule has 2 N–H and O–H groups in total. The highest BCUT2D eigenvalue weighted by Gasteiger charge is 2.33. The molecule has 8 heteroatoms. The Kier molecular flexibility index (Phi) is 6.01. The summed E-state index contributed by atoms with van der Waals surface area (Å²) in [5.74, 6) is -0.318. The second-order valence-electron chi connectivity index (χ2n) is 6.93. The number of rotatable bonds is 7.